The van der Waals surface area contributed by atoms with E-state index in [0.29, 0.717) is 26.6 Å². The van der Waals surface area contributed by atoms with E-state index >= 15 is 0 Å². The summed E-state index contributed by atoms with van der Waals surface area (Å²) < 4.78 is 20.9. The average Bonchev–Trinajstić information content (AvgIpc) is 2.84. The van der Waals surface area contributed by atoms with Crippen LogP contribution in [0.1, 0.15) is 5.56 Å². The summed E-state index contributed by atoms with van der Waals surface area (Å²) in [6.07, 6.45) is 0. The van der Waals surface area contributed by atoms with Crippen LogP contribution in [0.2, 0.25) is 0 Å². The van der Waals surface area contributed by atoms with Crippen molar-refractivity contribution in [3.05, 3.63) is 29.8 Å². The van der Waals surface area contributed by atoms with Crippen LogP contribution in [0.3, 0.4) is 0 Å². The topological polar surface area (TPSA) is 36.9 Å². The Morgan fingerprint density at radius 1 is 1.19 bits per heavy atom. The standard InChI is InChI=1S/C11H15BO4/c1-13-9-14-8-10-2-4-11(5-3-10)12-15-6-7-16-12/h2-5H,6-9H2,1H3. The molecule has 0 aromatic heterocycles. The summed E-state index contributed by atoms with van der Waals surface area (Å²) in [5, 5.41) is 0. The maximum atomic E-state index is 5.40. The van der Waals surface area contributed by atoms with Crippen molar-refractivity contribution < 1.29 is 18.8 Å². The lowest BCUT2D eigenvalue weighted by Crippen LogP contribution is -2.31. The monoisotopic (exact) mass is 222 g/mol. The van der Waals surface area contributed by atoms with Gasteiger partial charge in [0, 0.05) is 7.11 Å². The predicted molar refractivity (Wildman–Crippen MR) is 60.4 cm³/mol. The predicted octanol–water partition coefficient (Wildman–Crippen LogP) is 0.549. The van der Waals surface area contributed by atoms with Crippen molar-refractivity contribution in [3.63, 3.8) is 0 Å². The van der Waals surface area contributed by atoms with E-state index in [2.05, 4.69) is 0 Å². The van der Waals surface area contributed by atoms with Crippen LogP contribution in [0.15, 0.2) is 24.3 Å². The van der Waals surface area contributed by atoms with Crippen LogP contribution in [0.4, 0.5) is 0 Å². The highest BCUT2D eigenvalue weighted by atomic mass is 16.7. The molecule has 0 amide bonds. The molecule has 1 saturated heterocycles. The summed E-state index contributed by atoms with van der Waals surface area (Å²) in [5.41, 5.74) is 2.16. The van der Waals surface area contributed by atoms with E-state index in [1.165, 1.54) is 0 Å². The minimum atomic E-state index is -0.200. The first-order chi connectivity index (χ1) is 7.90. The fraction of sp³-hybridized carbons (Fsp3) is 0.455. The molecule has 4 nitrogen and oxygen atoms in total. The zero-order valence-electron chi connectivity index (χ0n) is 9.35. The van der Waals surface area contributed by atoms with Crippen LogP contribution in [-0.2, 0) is 25.4 Å². The first kappa shape index (κ1) is 11.6. The molecular weight excluding hydrogens is 207 g/mol. The highest BCUT2D eigenvalue weighted by Crippen LogP contribution is 2.04. The van der Waals surface area contributed by atoms with Gasteiger partial charge in [-0.1, -0.05) is 24.3 Å². The van der Waals surface area contributed by atoms with Crippen molar-refractivity contribution in [2.45, 2.75) is 6.61 Å². The minimum Gasteiger partial charge on any atom is -0.405 e. The second kappa shape index (κ2) is 6.01. The molecule has 86 valence electrons. The van der Waals surface area contributed by atoms with Gasteiger partial charge in [0.1, 0.15) is 6.79 Å². The van der Waals surface area contributed by atoms with E-state index in [9.17, 15) is 0 Å². The average molecular weight is 222 g/mol. The van der Waals surface area contributed by atoms with Gasteiger partial charge in [-0.25, -0.2) is 0 Å². The fourth-order valence-electron chi connectivity index (χ4n) is 1.56. The molecule has 0 N–H and O–H groups in total. The Hall–Kier alpha value is -0.875. The lowest BCUT2D eigenvalue weighted by Gasteiger charge is -2.06. The molecule has 1 aromatic rings. The second-order valence-corrected chi connectivity index (χ2v) is 3.57. The van der Waals surface area contributed by atoms with E-state index in [1.807, 2.05) is 24.3 Å². The van der Waals surface area contributed by atoms with Gasteiger partial charge in [-0.2, -0.15) is 0 Å². The Bertz CT molecular complexity index is 308. The maximum absolute atomic E-state index is 5.40. The Morgan fingerprint density at radius 3 is 2.50 bits per heavy atom. The number of methoxy groups -OCH3 is 1. The first-order valence-electron chi connectivity index (χ1n) is 5.29. The molecule has 0 aliphatic carbocycles. The van der Waals surface area contributed by atoms with E-state index < -0.39 is 0 Å². The van der Waals surface area contributed by atoms with Gasteiger partial charge in [0.15, 0.2) is 0 Å². The Kier molecular flexibility index (Phi) is 4.36. The Balaban J connectivity index is 1.88. The third-order valence-electron chi connectivity index (χ3n) is 2.34. The summed E-state index contributed by atoms with van der Waals surface area (Å²) in [7, 11) is 1.41. The third-order valence-corrected chi connectivity index (χ3v) is 2.34. The van der Waals surface area contributed by atoms with Gasteiger partial charge >= 0.3 is 7.12 Å². The van der Waals surface area contributed by atoms with E-state index in [0.717, 1.165) is 11.0 Å². The highest BCUT2D eigenvalue weighted by molar-refractivity contribution is 6.61. The van der Waals surface area contributed by atoms with Gasteiger partial charge in [-0.15, -0.1) is 0 Å². The lowest BCUT2D eigenvalue weighted by molar-refractivity contribution is -0.0390. The van der Waals surface area contributed by atoms with Crippen LogP contribution < -0.4 is 5.46 Å². The molecule has 1 aromatic carbocycles. The number of rotatable bonds is 5. The molecule has 0 radical (unpaired) electrons. The van der Waals surface area contributed by atoms with Crippen LogP contribution in [0.25, 0.3) is 0 Å². The second-order valence-electron chi connectivity index (χ2n) is 3.57. The van der Waals surface area contributed by atoms with Gasteiger partial charge in [-0.3, -0.25) is 0 Å². The molecule has 16 heavy (non-hydrogen) atoms. The van der Waals surface area contributed by atoms with Crippen molar-refractivity contribution in [2.75, 3.05) is 27.1 Å². The largest absolute Gasteiger partial charge is 0.494 e. The number of hydrogen-bond donors (Lipinski definition) is 0. The Labute approximate surface area is 95.6 Å². The molecule has 5 heteroatoms. The summed E-state index contributed by atoms with van der Waals surface area (Å²) in [4.78, 5) is 0. The van der Waals surface area contributed by atoms with Crippen LogP contribution in [0, 0.1) is 0 Å². The van der Waals surface area contributed by atoms with Crippen molar-refractivity contribution in [1.82, 2.24) is 0 Å². The normalized spacial score (nSPS) is 15.7. The minimum absolute atomic E-state index is 0.200. The first-order valence-corrected chi connectivity index (χ1v) is 5.29. The SMILES string of the molecule is COCOCc1ccc(B2OCCO2)cc1. The summed E-state index contributed by atoms with van der Waals surface area (Å²) >= 11 is 0. The van der Waals surface area contributed by atoms with Gasteiger partial charge < -0.3 is 18.8 Å². The smallest absolute Gasteiger partial charge is 0.405 e. The molecule has 1 aliphatic heterocycles. The van der Waals surface area contributed by atoms with Gasteiger partial charge in [0.25, 0.3) is 0 Å². The fourth-order valence-corrected chi connectivity index (χ4v) is 1.56. The Morgan fingerprint density at radius 2 is 1.88 bits per heavy atom. The quantitative estimate of drug-likeness (QED) is 0.414. The van der Waals surface area contributed by atoms with Gasteiger partial charge in [0.2, 0.25) is 0 Å². The van der Waals surface area contributed by atoms with Crippen LogP contribution in [-0.4, -0.2) is 34.2 Å². The molecule has 1 fully saturated rings. The van der Waals surface area contributed by atoms with Crippen molar-refractivity contribution >= 4 is 12.6 Å². The molecular formula is C11H15BO4. The van der Waals surface area contributed by atoms with Crippen molar-refractivity contribution in [2.24, 2.45) is 0 Å². The molecule has 2 rings (SSSR count). The van der Waals surface area contributed by atoms with Crippen LogP contribution in [0.5, 0.6) is 0 Å². The third kappa shape index (κ3) is 3.06. The lowest BCUT2D eigenvalue weighted by atomic mass is 9.79. The van der Waals surface area contributed by atoms with Crippen molar-refractivity contribution in [3.8, 4) is 0 Å². The van der Waals surface area contributed by atoms with Gasteiger partial charge in [0.05, 0.1) is 19.8 Å². The molecule has 0 unspecified atom stereocenters. The molecule has 0 saturated carbocycles. The summed E-state index contributed by atoms with van der Waals surface area (Å²) in [5.74, 6) is 0. The van der Waals surface area contributed by atoms with Gasteiger partial charge in [-0.05, 0) is 11.0 Å². The molecule has 0 bridgehead atoms. The van der Waals surface area contributed by atoms with E-state index in [4.69, 9.17) is 18.8 Å². The number of ether oxygens (including phenoxy) is 2. The zero-order valence-corrected chi connectivity index (χ0v) is 9.35. The van der Waals surface area contributed by atoms with E-state index in [1.54, 1.807) is 7.11 Å². The maximum Gasteiger partial charge on any atom is 0.494 e. The molecule has 0 atom stereocenters. The molecule has 1 aliphatic rings. The summed E-state index contributed by atoms with van der Waals surface area (Å²) in [6, 6.07) is 8.02. The van der Waals surface area contributed by atoms with Crippen LogP contribution >= 0.6 is 0 Å². The zero-order chi connectivity index (χ0) is 11.2. The van der Waals surface area contributed by atoms with E-state index in [-0.39, 0.29) is 7.12 Å². The summed E-state index contributed by atoms with van der Waals surface area (Å²) in [6.45, 7) is 2.21. The highest BCUT2D eigenvalue weighted by Gasteiger charge is 2.25. The van der Waals surface area contributed by atoms with Crippen molar-refractivity contribution in [1.29, 1.82) is 0 Å². The molecule has 1 heterocycles. The molecule has 0 spiro atoms. The number of benzene rings is 1. The number of hydrogen-bond acceptors (Lipinski definition) is 4.